The number of benzene rings is 1. The first kappa shape index (κ1) is 21.9. The van der Waals surface area contributed by atoms with Crippen molar-refractivity contribution < 1.29 is 27.2 Å². The Morgan fingerprint density at radius 2 is 2.06 bits per heavy atom. The minimum absolute atomic E-state index is 0.0127. The molecule has 1 aromatic heterocycles. The summed E-state index contributed by atoms with van der Waals surface area (Å²) in [5.41, 5.74) is 2.41. The summed E-state index contributed by atoms with van der Waals surface area (Å²) in [7, 11) is -2.35. The molecule has 5 atom stereocenters. The number of aromatic nitrogens is 2. The van der Waals surface area contributed by atoms with Crippen molar-refractivity contribution in [2.24, 2.45) is 11.1 Å². The molecule has 168 valence electrons. The minimum Gasteiger partial charge on any atom is -0.474 e. The number of fused-ring (bicyclic) bond motifs is 1. The van der Waals surface area contributed by atoms with Crippen molar-refractivity contribution in [3.8, 4) is 5.88 Å². The zero-order valence-corrected chi connectivity index (χ0v) is 17.9. The Kier molecular flexibility index (Phi) is 6.39. The number of hydrogen-bond acceptors (Lipinski definition) is 9. The standard InChI is InChI=1S/C20H26N4O6S/c1-28-17-7-12-4-2-3-5-15(12)20(17)24-18-9-19(23-11-22-18)30-14-6-13(16(25)8-14)10-29-31(21,26)27/h2-5,9,11,13-14,16-17,20,25H,6-8,10H2,1H3,(H2,21,26,27)(H,22,23,24)/t13-,14+,16-,17-,20+/m0/s1. The largest absolute Gasteiger partial charge is 0.474 e. The number of methoxy groups -OCH3 is 1. The van der Waals surface area contributed by atoms with Crippen LogP contribution in [0.5, 0.6) is 5.88 Å². The molecule has 0 bridgehead atoms. The fraction of sp³-hybridized carbons (Fsp3) is 0.500. The molecule has 0 spiro atoms. The highest BCUT2D eigenvalue weighted by Crippen LogP contribution is 2.36. The lowest BCUT2D eigenvalue weighted by molar-refractivity contribution is 0.0958. The van der Waals surface area contributed by atoms with Gasteiger partial charge in [0.1, 0.15) is 18.2 Å². The molecule has 1 heterocycles. The minimum atomic E-state index is -4.05. The molecule has 0 radical (unpaired) electrons. The van der Waals surface area contributed by atoms with Crippen LogP contribution >= 0.6 is 0 Å². The number of nitrogens with zero attached hydrogens (tertiary/aromatic N) is 2. The Hall–Kier alpha value is -2.31. The van der Waals surface area contributed by atoms with Crippen LogP contribution in [-0.2, 0) is 25.6 Å². The van der Waals surface area contributed by atoms with Crippen LogP contribution in [0.25, 0.3) is 0 Å². The van der Waals surface area contributed by atoms with Crippen molar-refractivity contribution in [2.45, 2.75) is 43.6 Å². The fourth-order valence-electron chi connectivity index (χ4n) is 4.27. The van der Waals surface area contributed by atoms with Crippen LogP contribution in [0.4, 0.5) is 5.82 Å². The third kappa shape index (κ3) is 5.31. The summed E-state index contributed by atoms with van der Waals surface area (Å²) < 4.78 is 38.1. The van der Waals surface area contributed by atoms with Gasteiger partial charge in [-0.05, 0) is 17.5 Å². The van der Waals surface area contributed by atoms with Gasteiger partial charge < -0.3 is 19.9 Å². The van der Waals surface area contributed by atoms with E-state index in [4.69, 9.17) is 14.6 Å². The molecule has 0 saturated heterocycles. The number of hydrogen-bond donors (Lipinski definition) is 3. The Labute approximate surface area is 181 Å². The topological polar surface area (TPSA) is 146 Å². The van der Waals surface area contributed by atoms with E-state index in [1.54, 1.807) is 13.2 Å². The molecule has 2 aliphatic rings. The van der Waals surface area contributed by atoms with E-state index in [9.17, 15) is 13.5 Å². The highest BCUT2D eigenvalue weighted by atomic mass is 32.2. The van der Waals surface area contributed by atoms with E-state index in [2.05, 4.69) is 31.6 Å². The molecule has 4 N–H and O–H groups in total. The summed E-state index contributed by atoms with van der Waals surface area (Å²) in [4.78, 5) is 8.46. The second-order valence-corrected chi connectivity index (χ2v) is 9.08. The molecule has 31 heavy (non-hydrogen) atoms. The quantitative estimate of drug-likeness (QED) is 0.535. The summed E-state index contributed by atoms with van der Waals surface area (Å²) in [6.45, 7) is -0.185. The van der Waals surface area contributed by atoms with E-state index >= 15 is 0 Å². The zero-order valence-electron chi connectivity index (χ0n) is 17.0. The molecule has 10 nitrogen and oxygen atoms in total. The highest BCUT2D eigenvalue weighted by molar-refractivity contribution is 7.84. The van der Waals surface area contributed by atoms with Crippen LogP contribution in [0.1, 0.15) is 30.0 Å². The molecule has 11 heteroatoms. The molecule has 2 aromatic rings. The zero-order chi connectivity index (χ0) is 22.0. The maximum absolute atomic E-state index is 11.0. The number of anilines is 1. The number of rotatable bonds is 8. The fourth-order valence-corrected chi connectivity index (χ4v) is 4.64. The highest BCUT2D eigenvalue weighted by Gasteiger charge is 2.36. The molecule has 1 fully saturated rings. The Morgan fingerprint density at radius 3 is 2.84 bits per heavy atom. The van der Waals surface area contributed by atoms with Gasteiger partial charge in [-0.2, -0.15) is 8.42 Å². The Morgan fingerprint density at radius 1 is 1.26 bits per heavy atom. The van der Waals surface area contributed by atoms with E-state index in [0.29, 0.717) is 24.5 Å². The van der Waals surface area contributed by atoms with Gasteiger partial charge in [-0.25, -0.2) is 15.1 Å². The monoisotopic (exact) mass is 450 g/mol. The lowest BCUT2D eigenvalue weighted by Gasteiger charge is -2.21. The number of nitrogens with one attached hydrogen (secondary N) is 1. The van der Waals surface area contributed by atoms with E-state index in [0.717, 1.165) is 6.42 Å². The van der Waals surface area contributed by atoms with Crippen molar-refractivity contribution in [3.63, 3.8) is 0 Å². The predicted octanol–water partition coefficient (Wildman–Crippen LogP) is 0.939. The summed E-state index contributed by atoms with van der Waals surface area (Å²) in [5.74, 6) is 0.574. The molecule has 0 amide bonds. The van der Waals surface area contributed by atoms with Gasteiger partial charge >= 0.3 is 10.3 Å². The van der Waals surface area contributed by atoms with Crippen molar-refractivity contribution in [1.82, 2.24) is 9.97 Å². The van der Waals surface area contributed by atoms with Crippen LogP contribution in [0.2, 0.25) is 0 Å². The SMILES string of the molecule is CO[C@H]1Cc2ccccc2[C@H]1Nc1cc(O[C@@H]2C[C@@H](COS(N)(=O)=O)[C@@H](O)C2)ncn1. The van der Waals surface area contributed by atoms with Crippen LogP contribution < -0.4 is 15.2 Å². The average Bonchev–Trinajstić information content (AvgIpc) is 3.26. The molecular formula is C20H26N4O6S. The van der Waals surface area contributed by atoms with E-state index in [1.807, 2.05) is 12.1 Å². The number of ether oxygens (including phenoxy) is 2. The van der Waals surface area contributed by atoms with Crippen LogP contribution in [0.15, 0.2) is 36.7 Å². The third-order valence-corrected chi connectivity index (χ3v) is 6.24. The number of nitrogens with two attached hydrogens (primary N) is 1. The van der Waals surface area contributed by atoms with Gasteiger partial charge in [0.05, 0.1) is 24.9 Å². The lowest BCUT2D eigenvalue weighted by Crippen LogP contribution is -2.24. The van der Waals surface area contributed by atoms with Crippen molar-refractivity contribution >= 4 is 16.1 Å². The molecule has 0 aliphatic heterocycles. The first-order valence-corrected chi connectivity index (χ1v) is 11.5. The van der Waals surface area contributed by atoms with Gasteiger partial charge in [0.2, 0.25) is 5.88 Å². The summed E-state index contributed by atoms with van der Waals surface area (Å²) in [6.07, 6.45) is 1.91. The van der Waals surface area contributed by atoms with Gasteiger partial charge in [0, 0.05) is 31.9 Å². The summed E-state index contributed by atoms with van der Waals surface area (Å²) in [6, 6.07) is 9.85. The Bertz CT molecular complexity index is 1020. The van der Waals surface area contributed by atoms with Crippen LogP contribution in [-0.4, -0.2) is 55.5 Å². The Balaban J connectivity index is 1.40. The van der Waals surface area contributed by atoms with Gasteiger partial charge in [-0.15, -0.1) is 0 Å². The van der Waals surface area contributed by atoms with E-state index < -0.39 is 16.4 Å². The average molecular weight is 451 g/mol. The van der Waals surface area contributed by atoms with E-state index in [-0.39, 0.29) is 30.8 Å². The van der Waals surface area contributed by atoms with Gasteiger partial charge in [-0.1, -0.05) is 24.3 Å². The summed E-state index contributed by atoms with van der Waals surface area (Å²) >= 11 is 0. The summed E-state index contributed by atoms with van der Waals surface area (Å²) in [5, 5.41) is 18.4. The molecule has 2 aliphatic carbocycles. The van der Waals surface area contributed by atoms with E-state index in [1.165, 1.54) is 17.5 Å². The van der Waals surface area contributed by atoms with Gasteiger partial charge in [0.25, 0.3) is 0 Å². The van der Waals surface area contributed by atoms with Crippen molar-refractivity contribution in [2.75, 3.05) is 19.0 Å². The molecular weight excluding hydrogens is 424 g/mol. The molecule has 4 rings (SSSR count). The lowest BCUT2D eigenvalue weighted by atomic mass is 10.1. The molecule has 1 aromatic carbocycles. The molecule has 1 saturated carbocycles. The van der Waals surface area contributed by atoms with Crippen molar-refractivity contribution in [1.29, 1.82) is 0 Å². The van der Waals surface area contributed by atoms with Gasteiger partial charge in [0.15, 0.2) is 0 Å². The predicted molar refractivity (Wildman–Crippen MR) is 112 cm³/mol. The smallest absolute Gasteiger partial charge is 0.333 e. The number of aliphatic hydroxyl groups excluding tert-OH is 1. The third-order valence-electron chi connectivity index (χ3n) is 5.78. The van der Waals surface area contributed by atoms with Crippen LogP contribution in [0, 0.1) is 5.92 Å². The maximum Gasteiger partial charge on any atom is 0.333 e. The first-order chi connectivity index (χ1) is 14.8. The second-order valence-electron chi connectivity index (χ2n) is 7.86. The van der Waals surface area contributed by atoms with Crippen molar-refractivity contribution in [3.05, 3.63) is 47.8 Å². The van der Waals surface area contributed by atoms with Gasteiger partial charge in [-0.3, -0.25) is 4.18 Å². The molecule has 0 unspecified atom stereocenters. The van der Waals surface area contributed by atoms with Crippen LogP contribution in [0.3, 0.4) is 0 Å². The first-order valence-electron chi connectivity index (χ1n) is 10.0. The maximum atomic E-state index is 11.0. The number of aliphatic hydroxyl groups is 1. The second kappa shape index (κ2) is 9.05. The normalized spacial score (nSPS) is 27.8.